The van der Waals surface area contributed by atoms with Gasteiger partial charge in [0.15, 0.2) is 6.29 Å². The summed E-state index contributed by atoms with van der Waals surface area (Å²) < 4.78 is 5.76. The van der Waals surface area contributed by atoms with Gasteiger partial charge in [-0.25, -0.2) is 4.79 Å². The number of nitrogens with one attached hydrogen (secondary N) is 2. The van der Waals surface area contributed by atoms with Crippen LogP contribution in [0.5, 0.6) is 5.75 Å². The largest absolute Gasteiger partial charge is 0.491 e. The van der Waals surface area contributed by atoms with Crippen LogP contribution in [0.15, 0.2) is 69.8 Å². The van der Waals surface area contributed by atoms with Crippen LogP contribution in [0.3, 0.4) is 0 Å². The zero-order valence-corrected chi connectivity index (χ0v) is 21.9. The van der Waals surface area contributed by atoms with Crippen molar-refractivity contribution in [2.75, 3.05) is 31.5 Å². The third-order valence-corrected chi connectivity index (χ3v) is 6.90. The SMILES string of the molecule is CC(C)Oc1ccc(NC2NC(=O)N(CC3=CC=C(Cl)CC3)CCN2CC2=CC=C(Cl)CC2)cc1. The molecular formula is C27H34Cl2N4O2. The van der Waals surface area contributed by atoms with Gasteiger partial charge in [0.2, 0.25) is 0 Å². The Hall–Kier alpha value is -2.41. The van der Waals surface area contributed by atoms with Crippen LogP contribution < -0.4 is 15.4 Å². The smallest absolute Gasteiger partial charge is 0.320 e. The minimum atomic E-state index is -0.346. The van der Waals surface area contributed by atoms with Gasteiger partial charge in [0.05, 0.1) is 6.10 Å². The molecule has 1 atom stereocenters. The Kier molecular flexibility index (Phi) is 8.82. The van der Waals surface area contributed by atoms with Crippen molar-refractivity contribution in [1.29, 1.82) is 0 Å². The fourth-order valence-corrected chi connectivity index (χ4v) is 4.68. The Morgan fingerprint density at radius 1 is 0.943 bits per heavy atom. The van der Waals surface area contributed by atoms with Gasteiger partial charge >= 0.3 is 6.03 Å². The van der Waals surface area contributed by atoms with E-state index in [-0.39, 0.29) is 18.4 Å². The van der Waals surface area contributed by atoms with Gasteiger partial charge < -0.3 is 20.3 Å². The lowest BCUT2D eigenvalue weighted by Gasteiger charge is -2.32. The van der Waals surface area contributed by atoms with E-state index in [0.29, 0.717) is 13.1 Å². The molecule has 2 amide bonds. The number of carbonyl (C=O) groups is 1. The highest BCUT2D eigenvalue weighted by Crippen LogP contribution is 2.25. The van der Waals surface area contributed by atoms with Crippen LogP contribution >= 0.6 is 23.2 Å². The first-order valence-corrected chi connectivity index (χ1v) is 13.0. The van der Waals surface area contributed by atoms with Crippen LogP contribution in [0.2, 0.25) is 0 Å². The molecule has 0 radical (unpaired) electrons. The van der Waals surface area contributed by atoms with Gasteiger partial charge in [0, 0.05) is 41.9 Å². The van der Waals surface area contributed by atoms with Crippen LogP contribution in [0, 0.1) is 0 Å². The number of anilines is 1. The molecular weight excluding hydrogens is 483 g/mol. The second-order valence-corrected chi connectivity index (χ2v) is 10.4. The predicted octanol–water partition coefficient (Wildman–Crippen LogP) is 6.18. The lowest BCUT2D eigenvalue weighted by atomic mass is 10.0. The lowest BCUT2D eigenvalue weighted by molar-refractivity contribution is 0.202. The van der Waals surface area contributed by atoms with Gasteiger partial charge in [-0.3, -0.25) is 4.90 Å². The zero-order chi connectivity index (χ0) is 24.8. The maximum atomic E-state index is 13.2. The molecule has 2 N–H and O–H groups in total. The van der Waals surface area contributed by atoms with Crippen LogP contribution in [-0.2, 0) is 0 Å². The molecule has 1 unspecified atom stereocenters. The standard InChI is InChI=1S/C27H34Cl2N4O2/c1-19(2)35-25-13-11-24(12-14-25)30-26-31-27(34)33(18-21-5-9-23(29)10-6-21)16-15-32(26)17-20-3-7-22(28)8-4-20/h3,5,7,9,11-14,19,26,30H,4,6,8,10,15-18H2,1-2H3,(H,31,34). The van der Waals surface area contributed by atoms with Crippen molar-refractivity contribution in [1.82, 2.24) is 15.1 Å². The van der Waals surface area contributed by atoms with Crippen LogP contribution in [0.25, 0.3) is 0 Å². The molecule has 1 aliphatic heterocycles. The summed E-state index contributed by atoms with van der Waals surface area (Å²) >= 11 is 12.3. The molecule has 1 heterocycles. The molecule has 2 aliphatic carbocycles. The number of nitrogens with zero attached hydrogens (tertiary/aromatic N) is 2. The molecule has 0 aromatic heterocycles. The summed E-state index contributed by atoms with van der Waals surface area (Å²) in [5.41, 5.74) is 3.44. The molecule has 188 valence electrons. The van der Waals surface area contributed by atoms with Crippen LogP contribution in [0.1, 0.15) is 39.5 Å². The molecule has 1 aromatic rings. The number of urea groups is 1. The molecule has 0 bridgehead atoms. The molecule has 3 aliphatic rings. The van der Waals surface area contributed by atoms with Gasteiger partial charge in [0.1, 0.15) is 5.75 Å². The summed E-state index contributed by atoms with van der Waals surface area (Å²) in [5, 5.41) is 8.47. The Labute approximate surface area is 218 Å². The van der Waals surface area contributed by atoms with Crippen molar-refractivity contribution >= 4 is 34.9 Å². The number of hydrogen-bond donors (Lipinski definition) is 2. The van der Waals surface area contributed by atoms with Crippen molar-refractivity contribution in [2.24, 2.45) is 0 Å². The van der Waals surface area contributed by atoms with Crippen molar-refractivity contribution in [3.8, 4) is 5.75 Å². The van der Waals surface area contributed by atoms with E-state index in [1.54, 1.807) is 0 Å². The summed E-state index contributed by atoms with van der Waals surface area (Å²) in [5.74, 6) is 0.824. The van der Waals surface area contributed by atoms with E-state index in [4.69, 9.17) is 27.9 Å². The van der Waals surface area contributed by atoms with Crippen molar-refractivity contribution < 1.29 is 9.53 Å². The fraction of sp³-hybridized carbons (Fsp3) is 0.444. The Bertz CT molecular complexity index is 1030. The van der Waals surface area contributed by atoms with E-state index in [1.165, 1.54) is 11.1 Å². The van der Waals surface area contributed by atoms with Gasteiger partial charge in [-0.05, 0) is 75.9 Å². The van der Waals surface area contributed by atoms with Gasteiger partial charge in [0.25, 0.3) is 0 Å². The molecule has 0 saturated carbocycles. The number of amides is 2. The summed E-state index contributed by atoms with van der Waals surface area (Å²) in [6, 6.07) is 7.78. The number of ether oxygens (including phenoxy) is 1. The average Bonchev–Trinajstić information content (AvgIpc) is 2.96. The van der Waals surface area contributed by atoms with E-state index in [9.17, 15) is 4.79 Å². The van der Waals surface area contributed by atoms with Crippen molar-refractivity contribution in [2.45, 2.75) is 51.9 Å². The normalized spacial score (nSPS) is 21.5. The first-order valence-electron chi connectivity index (χ1n) is 12.3. The Balaban J connectivity index is 1.49. The number of rotatable bonds is 8. The minimum Gasteiger partial charge on any atom is -0.491 e. The zero-order valence-electron chi connectivity index (χ0n) is 20.4. The van der Waals surface area contributed by atoms with Crippen LogP contribution in [-0.4, -0.2) is 54.4 Å². The monoisotopic (exact) mass is 516 g/mol. The predicted molar refractivity (Wildman–Crippen MR) is 144 cm³/mol. The third-order valence-electron chi connectivity index (χ3n) is 6.27. The highest BCUT2D eigenvalue weighted by molar-refractivity contribution is 6.30. The summed E-state index contributed by atoms with van der Waals surface area (Å²) in [7, 11) is 0. The van der Waals surface area contributed by atoms with E-state index in [0.717, 1.165) is 60.3 Å². The Morgan fingerprint density at radius 2 is 1.57 bits per heavy atom. The maximum Gasteiger partial charge on any atom is 0.320 e. The van der Waals surface area contributed by atoms with E-state index < -0.39 is 0 Å². The minimum absolute atomic E-state index is 0.0770. The summed E-state index contributed by atoms with van der Waals surface area (Å²) in [4.78, 5) is 17.4. The van der Waals surface area contributed by atoms with E-state index in [1.807, 2.05) is 61.2 Å². The Morgan fingerprint density at radius 3 is 2.14 bits per heavy atom. The topological polar surface area (TPSA) is 56.8 Å². The molecule has 35 heavy (non-hydrogen) atoms. The number of allylic oxidation sites excluding steroid dienone is 6. The maximum absolute atomic E-state index is 13.2. The third kappa shape index (κ3) is 7.53. The average molecular weight is 518 g/mol. The molecule has 6 nitrogen and oxygen atoms in total. The van der Waals surface area contributed by atoms with E-state index in [2.05, 4.69) is 21.6 Å². The van der Waals surface area contributed by atoms with Crippen molar-refractivity contribution in [3.63, 3.8) is 0 Å². The molecule has 4 rings (SSSR count). The molecule has 1 saturated heterocycles. The van der Waals surface area contributed by atoms with Gasteiger partial charge in [-0.15, -0.1) is 0 Å². The summed E-state index contributed by atoms with van der Waals surface area (Å²) in [6.07, 6.45) is 11.3. The molecule has 1 fully saturated rings. The lowest BCUT2D eigenvalue weighted by Crippen LogP contribution is -2.52. The number of hydrogen-bond acceptors (Lipinski definition) is 4. The fourth-order valence-electron chi connectivity index (χ4n) is 4.37. The van der Waals surface area contributed by atoms with Gasteiger partial charge in [-0.1, -0.05) is 46.5 Å². The van der Waals surface area contributed by atoms with Crippen molar-refractivity contribution in [3.05, 3.63) is 69.8 Å². The molecule has 0 spiro atoms. The number of carbonyl (C=O) groups excluding carboxylic acids is 1. The summed E-state index contributed by atoms with van der Waals surface area (Å²) in [6.45, 7) is 6.76. The highest BCUT2D eigenvalue weighted by atomic mass is 35.5. The number of benzene rings is 1. The quantitative estimate of drug-likeness (QED) is 0.432. The number of halogens is 2. The molecule has 1 aromatic carbocycles. The second-order valence-electron chi connectivity index (χ2n) is 9.46. The van der Waals surface area contributed by atoms with E-state index >= 15 is 0 Å². The van der Waals surface area contributed by atoms with Crippen LogP contribution in [0.4, 0.5) is 10.5 Å². The second kappa shape index (κ2) is 12.0. The van der Waals surface area contributed by atoms with Gasteiger partial charge in [-0.2, -0.15) is 0 Å². The molecule has 8 heteroatoms. The first kappa shape index (κ1) is 25.7. The first-order chi connectivity index (χ1) is 16.9. The highest BCUT2D eigenvalue weighted by Gasteiger charge is 2.29.